The average Bonchev–Trinajstić information content (AvgIpc) is 2.71. The molecule has 0 saturated carbocycles. The Morgan fingerprint density at radius 2 is 1.44 bits per heavy atom. The van der Waals surface area contributed by atoms with Crippen LogP contribution >= 0.6 is 0 Å². The Kier molecular flexibility index (Phi) is 7.20. The van der Waals surface area contributed by atoms with Crippen LogP contribution in [0, 0.1) is 5.41 Å². The fraction of sp³-hybridized carbons (Fsp3) is 0.350. The lowest BCUT2D eigenvalue weighted by Crippen LogP contribution is -2.40. The first-order valence-corrected chi connectivity index (χ1v) is 10.6. The third-order valence-electron chi connectivity index (χ3n) is 4.54. The van der Waals surface area contributed by atoms with E-state index in [1.165, 1.54) is 18.2 Å². The van der Waals surface area contributed by atoms with Crippen molar-refractivity contribution in [1.82, 2.24) is 0 Å². The lowest BCUT2D eigenvalue weighted by molar-refractivity contribution is -0.166. The van der Waals surface area contributed by atoms with Crippen molar-refractivity contribution in [3.05, 3.63) is 36.4 Å². The van der Waals surface area contributed by atoms with Crippen LogP contribution in [0.15, 0.2) is 36.4 Å². The molecule has 12 heteroatoms. The van der Waals surface area contributed by atoms with Gasteiger partial charge in [0.1, 0.15) is 11.5 Å². The lowest BCUT2D eigenvalue weighted by atomic mass is 9.91. The normalized spacial score (nSPS) is 12.3. The summed E-state index contributed by atoms with van der Waals surface area (Å²) in [7, 11) is -6.05. The van der Waals surface area contributed by atoms with Crippen molar-refractivity contribution in [3.8, 4) is 11.5 Å². The molecule has 2 rings (SSSR count). The molecule has 0 unspecified atom stereocenters. The van der Waals surface area contributed by atoms with Crippen molar-refractivity contribution in [1.29, 1.82) is 0 Å². The van der Waals surface area contributed by atoms with Crippen LogP contribution in [0.25, 0.3) is 10.8 Å². The van der Waals surface area contributed by atoms with Crippen molar-refractivity contribution in [2.45, 2.75) is 32.4 Å². The lowest BCUT2D eigenvalue weighted by Gasteiger charge is -2.20. The minimum Gasteiger partial charge on any atom is -0.448 e. The van der Waals surface area contributed by atoms with E-state index in [0.29, 0.717) is 22.9 Å². The van der Waals surface area contributed by atoms with Gasteiger partial charge >= 0.3 is 33.3 Å². The minimum atomic E-state index is -6.05. The van der Waals surface area contributed by atoms with E-state index in [2.05, 4.69) is 4.74 Å². The molecule has 0 atom stereocenters. The topological polar surface area (TPSA) is 133 Å². The highest BCUT2D eigenvalue weighted by Gasteiger charge is 2.54. The molecule has 0 aromatic heterocycles. The maximum absolute atomic E-state index is 13.1. The second-order valence-corrected chi connectivity index (χ2v) is 8.80. The molecule has 9 nitrogen and oxygen atoms in total. The number of hydrogen-bond acceptors (Lipinski definition) is 8. The second-order valence-electron chi connectivity index (χ2n) is 7.34. The number of hydrogen-bond donors (Lipinski definition) is 1. The van der Waals surface area contributed by atoms with E-state index in [4.69, 9.17) is 14.0 Å². The molecule has 0 aliphatic heterocycles. The highest BCUT2D eigenvalue weighted by Crippen LogP contribution is 2.28. The molecule has 0 aliphatic carbocycles. The Bertz CT molecular complexity index is 1160. The van der Waals surface area contributed by atoms with Crippen LogP contribution in [0.2, 0.25) is 0 Å². The Labute approximate surface area is 182 Å². The summed E-state index contributed by atoms with van der Waals surface area (Å²) in [6.07, 6.45) is 0.594. The zero-order valence-electron chi connectivity index (χ0n) is 17.3. The number of carbonyl (C=O) groups is 3. The summed E-state index contributed by atoms with van der Waals surface area (Å²) in [5.74, 6) is -3.98. The van der Waals surface area contributed by atoms with Gasteiger partial charge in [0.2, 0.25) is 0 Å². The fourth-order valence-electron chi connectivity index (χ4n) is 2.19. The third-order valence-corrected chi connectivity index (χ3v) is 5.36. The van der Waals surface area contributed by atoms with Crippen LogP contribution < -0.4 is 9.47 Å². The quantitative estimate of drug-likeness (QED) is 0.348. The number of alkyl halides is 2. The first-order valence-electron chi connectivity index (χ1n) is 9.16. The predicted molar refractivity (Wildman–Crippen MR) is 107 cm³/mol. The van der Waals surface area contributed by atoms with Crippen molar-refractivity contribution >= 4 is 38.8 Å². The summed E-state index contributed by atoms with van der Waals surface area (Å²) < 4.78 is 69.5. The molecule has 0 saturated heterocycles. The van der Waals surface area contributed by atoms with E-state index in [1.807, 2.05) is 6.92 Å². The number of ether oxygens (including phenoxy) is 3. The van der Waals surface area contributed by atoms with Crippen molar-refractivity contribution in [2.24, 2.45) is 5.41 Å². The summed E-state index contributed by atoms with van der Waals surface area (Å²) in [5, 5.41) is -3.99. The van der Waals surface area contributed by atoms with Crippen LogP contribution in [0.5, 0.6) is 11.5 Å². The van der Waals surface area contributed by atoms with Crippen LogP contribution in [-0.4, -0.2) is 42.7 Å². The van der Waals surface area contributed by atoms with E-state index in [0.717, 1.165) is 0 Å². The van der Waals surface area contributed by atoms with Crippen LogP contribution in [0.4, 0.5) is 8.78 Å². The predicted octanol–water partition coefficient (Wildman–Crippen LogP) is 3.11. The largest absolute Gasteiger partial charge is 0.465 e. The summed E-state index contributed by atoms with van der Waals surface area (Å²) in [6, 6.07) is 9.06. The van der Waals surface area contributed by atoms with Crippen molar-refractivity contribution in [2.75, 3.05) is 6.61 Å². The molecule has 0 radical (unpaired) electrons. The number of benzene rings is 2. The van der Waals surface area contributed by atoms with Gasteiger partial charge in [-0.3, -0.25) is 9.35 Å². The fourth-order valence-corrected chi connectivity index (χ4v) is 2.46. The zero-order valence-corrected chi connectivity index (χ0v) is 18.1. The average molecular weight is 474 g/mol. The van der Waals surface area contributed by atoms with Crippen LogP contribution in [0.1, 0.15) is 27.2 Å². The molecule has 0 bridgehead atoms. The Balaban J connectivity index is 2.04. The van der Waals surface area contributed by atoms with Gasteiger partial charge in [0.05, 0.1) is 5.41 Å². The van der Waals surface area contributed by atoms with E-state index < -0.39 is 39.3 Å². The van der Waals surface area contributed by atoms with E-state index in [9.17, 15) is 31.6 Å². The molecule has 0 fully saturated rings. The van der Waals surface area contributed by atoms with Crippen LogP contribution in [0.3, 0.4) is 0 Å². The van der Waals surface area contributed by atoms with E-state index in [1.54, 1.807) is 32.0 Å². The third kappa shape index (κ3) is 5.77. The molecule has 0 amide bonds. The molecule has 1 N–H and O–H groups in total. The van der Waals surface area contributed by atoms with E-state index in [-0.39, 0.29) is 11.7 Å². The molecular weight excluding hydrogens is 454 g/mol. The number of fused-ring (bicyclic) bond motifs is 1. The van der Waals surface area contributed by atoms with Gasteiger partial charge in [0.25, 0.3) is 0 Å². The summed E-state index contributed by atoms with van der Waals surface area (Å²) in [6.45, 7) is 4.08. The van der Waals surface area contributed by atoms with Gasteiger partial charge in [-0.05, 0) is 55.3 Å². The highest BCUT2D eigenvalue weighted by molar-refractivity contribution is 7.87. The number of rotatable bonds is 8. The first-order chi connectivity index (χ1) is 14.7. The molecule has 174 valence electrons. The molecule has 0 spiro atoms. The summed E-state index contributed by atoms with van der Waals surface area (Å²) >= 11 is 0. The maximum Gasteiger partial charge on any atom is 0.465 e. The number of esters is 3. The van der Waals surface area contributed by atoms with Gasteiger partial charge in [0, 0.05) is 0 Å². The number of carbonyl (C=O) groups excluding carboxylic acids is 3. The van der Waals surface area contributed by atoms with Crippen molar-refractivity contribution in [3.63, 3.8) is 0 Å². The maximum atomic E-state index is 13.1. The first kappa shape index (κ1) is 25.1. The van der Waals surface area contributed by atoms with Gasteiger partial charge in [-0.2, -0.15) is 17.2 Å². The van der Waals surface area contributed by atoms with Gasteiger partial charge in [-0.15, -0.1) is 0 Å². The Morgan fingerprint density at radius 1 is 0.938 bits per heavy atom. The zero-order chi connectivity index (χ0) is 24.3. The molecule has 32 heavy (non-hydrogen) atoms. The van der Waals surface area contributed by atoms with Gasteiger partial charge in [-0.1, -0.05) is 19.1 Å². The van der Waals surface area contributed by atoms with Crippen LogP contribution in [-0.2, 0) is 29.2 Å². The standard InChI is InChI=1S/C20H20F2O9S/c1-4-19(2,3)17(24)31-15-8-6-12-9-14(7-5-13(12)10-15)30-16(23)11-29-18(25)20(21,22)32(26,27)28/h5-10H,4,11H2,1-3H3,(H,26,27,28). The summed E-state index contributed by atoms with van der Waals surface area (Å²) in [5.41, 5.74) is -0.651. The molecule has 0 aliphatic rings. The smallest absolute Gasteiger partial charge is 0.448 e. The Morgan fingerprint density at radius 3 is 1.91 bits per heavy atom. The van der Waals surface area contributed by atoms with Gasteiger partial charge in [-0.25, -0.2) is 9.59 Å². The monoisotopic (exact) mass is 474 g/mol. The highest BCUT2D eigenvalue weighted by atomic mass is 32.2. The summed E-state index contributed by atoms with van der Waals surface area (Å²) in [4.78, 5) is 35.0. The number of halogens is 2. The minimum absolute atomic E-state index is 0.0167. The second kappa shape index (κ2) is 9.17. The Hall–Kier alpha value is -3.12. The molecule has 2 aromatic carbocycles. The van der Waals surface area contributed by atoms with Gasteiger partial charge < -0.3 is 14.2 Å². The SMILES string of the molecule is CCC(C)(C)C(=O)Oc1ccc2cc(OC(=O)COC(=O)C(F)(F)S(=O)(=O)O)ccc2c1. The molecular formula is C20H20F2O9S. The van der Waals surface area contributed by atoms with Crippen molar-refractivity contribution < 1.29 is 50.3 Å². The van der Waals surface area contributed by atoms with Gasteiger partial charge in [0.15, 0.2) is 6.61 Å². The molecule has 2 aromatic rings. The molecule has 0 heterocycles. The van der Waals surface area contributed by atoms with E-state index >= 15 is 0 Å².